The van der Waals surface area contributed by atoms with Gasteiger partial charge in [-0.3, -0.25) is 4.79 Å². The molecule has 1 N–H and O–H groups in total. The Morgan fingerprint density at radius 1 is 1.42 bits per heavy atom. The van der Waals surface area contributed by atoms with Crippen LogP contribution < -0.4 is 5.32 Å². The van der Waals surface area contributed by atoms with E-state index in [1.165, 1.54) is 6.20 Å². The van der Waals surface area contributed by atoms with Crippen LogP contribution in [-0.2, 0) is 4.79 Å². The molecular weight excluding hydrogens is 422 g/mol. The first-order valence-corrected chi connectivity index (χ1v) is 9.38. The van der Waals surface area contributed by atoms with Crippen LogP contribution in [-0.4, -0.2) is 16.8 Å². The number of aromatic nitrogens is 1. The number of hydrogen-bond acceptors (Lipinski definition) is 3. The molecule has 2 atom stereocenters. The lowest BCUT2D eigenvalue weighted by atomic mass is 9.84. The molecule has 24 heavy (non-hydrogen) atoms. The molecule has 1 aliphatic rings. The van der Waals surface area contributed by atoms with E-state index < -0.39 is 17.8 Å². The van der Waals surface area contributed by atoms with Crippen molar-refractivity contribution in [1.29, 1.82) is 0 Å². The quantitative estimate of drug-likeness (QED) is 0.667. The van der Waals surface area contributed by atoms with Crippen molar-refractivity contribution in [3.63, 3.8) is 0 Å². The van der Waals surface area contributed by atoms with Crippen LogP contribution in [0.1, 0.15) is 30.7 Å². The molecule has 3 rings (SSSR count). The van der Waals surface area contributed by atoms with Gasteiger partial charge in [-0.05, 0) is 30.0 Å². The minimum atomic E-state index is -2.71. The SMILES string of the molecule is O=C(Nc1ncc(Cl)s1)C(c1ccc(Br)cc1)C1CCC(F)(F)C1. The highest BCUT2D eigenvalue weighted by molar-refractivity contribution is 9.10. The van der Waals surface area contributed by atoms with E-state index in [9.17, 15) is 13.6 Å². The van der Waals surface area contributed by atoms with Gasteiger partial charge < -0.3 is 5.32 Å². The highest BCUT2D eigenvalue weighted by Gasteiger charge is 2.45. The standard InChI is InChI=1S/C16H14BrClF2N2OS/c17-11-3-1-9(2-4-11)13(10-5-6-16(19,20)7-10)14(23)22-15-21-8-12(18)24-15/h1-4,8,10,13H,5-7H2,(H,21,22,23). The molecule has 1 amide bonds. The second-order valence-corrected chi connectivity index (χ2v) is 8.42. The molecule has 0 bridgehead atoms. The van der Waals surface area contributed by atoms with E-state index in [0.717, 1.165) is 21.4 Å². The maximum Gasteiger partial charge on any atom is 0.248 e. The summed E-state index contributed by atoms with van der Waals surface area (Å²) in [5, 5.41) is 3.08. The number of benzene rings is 1. The summed E-state index contributed by atoms with van der Waals surface area (Å²) in [6.45, 7) is 0. The van der Waals surface area contributed by atoms with Crippen LogP contribution in [0.5, 0.6) is 0 Å². The molecule has 0 aliphatic heterocycles. The van der Waals surface area contributed by atoms with Gasteiger partial charge in [0.15, 0.2) is 5.13 Å². The fraction of sp³-hybridized carbons (Fsp3) is 0.375. The summed E-state index contributed by atoms with van der Waals surface area (Å²) in [5.41, 5.74) is 0.723. The van der Waals surface area contributed by atoms with Crippen molar-refractivity contribution in [1.82, 2.24) is 4.98 Å². The monoisotopic (exact) mass is 434 g/mol. The summed E-state index contributed by atoms with van der Waals surface area (Å²) in [7, 11) is 0. The van der Waals surface area contributed by atoms with Gasteiger partial charge >= 0.3 is 0 Å². The number of nitrogens with zero attached hydrogens (tertiary/aromatic N) is 1. The van der Waals surface area contributed by atoms with E-state index in [1.807, 2.05) is 12.1 Å². The van der Waals surface area contributed by atoms with Gasteiger partial charge in [0.2, 0.25) is 11.8 Å². The molecule has 2 aromatic rings. The van der Waals surface area contributed by atoms with E-state index in [1.54, 1.807) is 12.1 Å². The Hall–Kier alpha value is -1.05. The van der Waals surface area contributed by atoms with Gasteiger partial charge in [-0.1, -0.05) is 51.0 Å². The zero-order chi connectivity index (χ0) is 17.3. The lowest BCUT2D eigenvalue weighted by Gasteiger charge is -2.23. The maximum atomic E-state index is 13.7. The van der Waals surface area contributed by atoms with Crippen LogP contribution in [0.15, 0.2) is 34.9 Å². The van der Waals surface area contributed by atoms with Crippen LogP contribution in [0, 0.1) is 5.92 Å². The summed E-state index contributed by atoms with van der Waals surface area (Å²) in [4.78, 5) is 16.8. The average Bonchev–Trinajstić information content (AvgIpc) is 3.07. The Morgan fingerprint density at radius 3 is 2.67 bits per heavy atom. The molecule has 1 fully saturated rings. The van der Waals surface area contributed by atoms with Crippen molar-refractivity contribution >= 4 is 49.9 Å². The Kier molecular flexibility index (Phi) is 5.22. The van der Waals surface area contributed by atoms with E-state index in [2.05, 4.69) is 26.2 Å². The van der Waals surface area contributed by atoms with Crippen molar-refractivity contribution in [3.05, 3.63) is 44.8 Å². The lowest BCUT2D eigenvalue weighted by molar-refractivity contribution is -0.118. The molecule has 1 aromatic carbocycles. The number of amides is 1. The summed E-state index contributed by atoms with van der Waals surface area (Å²) >= 11 is 10.3. The topological polar surface area (TPSA) is 42.0 Å². The summed E-state index contributed by atoms with van der Waals surface area (Å²) in [6.07, 6.45) is 1.31. The molecule has 0 radical (unpaired) electrons. The maximum absolute atomic E-state index is 13.7. The second-order valence-electron chi connectivity index (χ2n) is 5.85. The Balaban J connectivity index is 1.86. The third kappa shape index (κ3) is 4.13. The number of carbonyl (C=O) groups excluding carboxylic acids is 1. The van der Waals surface area contributed by atoms with Crippen LogP contribution in [0.25, 0.3) is 0 Å². The number of anilines is 1. The van der Waals surface area contributed by atoms with Gasteiger partial charge in [0.1, 0.15) is 4.34 Å². The first-order chi connectivity index (χ1) is 11.3. The fourth-order valence-corrected chi connectivity index (χ4v) is 4.15. The summed E-state index contributed by atoms with van der Waals surface area (Å²) in [5.74, 6) is -4.08. The molecule has 1 aliphatic carbocycles. The number of alkyl halides is 2. The van der Waals surface area contributed by atoms with E-state index in [-0.39, 0.29) is 18.7 Å². The third-order valence-corrected chi connectivity index (χ3v) is 5.69. The number of carbonyl (C=O) groups is 1. The predicted molar refractivity (Wildman–Crippen MR) is 94.9 cm³/mol. The minimum absolute atomic E-state index is 0.180. The highest BCUT2D eigenvalue weighted by atomic mass is 79.9. The fourth-order valence-electron chi connectivity index (χ4n) is 3.07. The zero-order valence-electron chi connectivity index (χ0n) is 12.4. The average molecular weight is 436 g/mol. The van der Waals surface area contributed by atoms with Crippen molar-refractivity contribution in [2.75, 3.05) is 5.32 Å². The molecule has 0 saturated heterocycles. The first-order valence-electron chi connectivity index (χ1n) is 7.39. The highest BCUT2D eigenvalue weighted by Crippen LogP contribution is 2.46. The van der Waals surface area contributed by atoms with Crippen LogP contribution >= 0.6 is 38.9 Å². The van der Waals surface area contributed by atoms with Gasteiger partial charge in [-0.25, -0.2) is 13.8 Å². The van der Waals surface area contributed by atoms with Gasteiger partial charge in [0, 0.05) is 17.3 Å². The third-order valence-electron chi connectivity index (χ3n) is 4.13. The van der Waals surface area contributed by atoms with E-state index in [0.29, 0.717) is 15.9 Å². The molecule has 3 nitrogen and oxygen atoms in total. The number of rotatable bonds is 4. The Morgan fingerprint density at radius 2 is 2.12 bits per heavy atom. The lowest BCUT2D eigenvalue weighted by Crippen LogP contribution is -2.27. The van der Waals surface area contributed by atoms with Gasteiger partial charge in [0.25, 0.3) is 0 Å². The van der Waals surface area contributed by atoms with Crippen molar-refractivity contribution in [2.45, 2.75) is 31.1 Å². The second kappa shape index (κ2) is 7.06. The minimum Gasteiger partial charge on any atom is -0.301 e. The van der Waals surface area contributed by atoms with Gasteiger partial charge in [-0.2, -0.15) is 0 Å². The molecule has 0 spiro atoms. The van der Waals surface area contributed by atoms with E-state index in [4.69, 9.17) is 11.6 Å². The van der Waals surface area contributed by atoms with Crippen molar-refractivity contribution < 1.29 is 13.6 Å². The number of halogens is 4. The van der Waals surface area contributed by atoms with Gasteiger partial charge in [-0.15, -0.1) is 0 Å². The molecule has 1 heterocycles. The normalized spacial score (nSPS) is 20.8. The van der Waals surface area contributed by atoms with Crippen molar-refractivity contribution in [2.24, 2.45) is 5.92 Å². The number of thiazole rings is 1. The van der Waals surface area contributed by atoms with Crippen LogP contribution in [0.4, 0.5) is 13.9 Å². The summed E-state index contributed by atoms with van der Waals surface area (Å²) in [6, 6.07) is 7.20. The predicted octanol–water partition coefficient (Wildman–Crippen LogP) is 5.72. The molecular formula is C16H14BrClF2N2OS. The molecule has 2 unspecified atom stereocenters. The Bertz CT molecular complexity index is 738. The smallest absolute Gasteiger partial charge is 0.248 e. The summed E-state index contributed by atoms with van der Waals surface area (Å²) < 4.78 is 28.6. The number of hydrogen-bond donors (Lipinski definition) is 1. The van der Waals surface area contributed by atoms with Crippen LogP contribution in [0.2, 0.25) is 4.34 Å². The van der Waals surface area contributed by atoms with E-state index >= 15 is 0 Å². The first kappa shape index (κ1) is 17.8. The largest absolute Gasteiger partial charge is 0.301 e. The Labute approximate surface area is 155 Å². The number of nitrogens with one attached hydrogen (secondary N) is 1. The zero-order valence-corrected chi connectivity index (χ0v) is 15.6. The van der Waals surface area contributed by atoms with Gasteiger partial charge in [0.05, 0.1) is 12.1 Å². The molecule has 1 aromatic heterocycles. The van der Waals surface area contributed by atoms with Crippen LogP contribution in [0.3, 0.4) is 0 Å². The molecule has 1 saturated carbocycles. The molecule has 8 heteroatoms. The van der Waals surface area contributed by atoms with Crippen molar-refractivity contribution in [3.8, 4) is 0 Å². The molecule has 128 valence electrons.